The van der Waals surface area contributed by atoms with Crippen molar-refractivity contribution in [1.29, 1.82) is 0 Å². The van der Waals surface area contributed by atoms with Gasteiger partial charge in [-0.25, -0.2) is 9.80 Å². The first-order valence-electron chi connectivity index (χ1n) is 6.29. The molecule has 0 bridgehead atoms. The van der Waals surface area contributed by atoms with Crippen LogP contribution in [0.4, 0.5) is 13.2 Å². The molecule has 0 aliphatic carbocycles. The predicted molar refractivity (Wildman–Crippen MR) is 85.2 cm³/mol. The van der Waals surface area contributed by atoms with Crippen molar-refractivity contribution in [3.8, 4) is 0 Å². The quantitative estimate of drug-likeness (QED) is 0.264. The molecule has 0 spiro atoms. The Bertz CT molecular complexity index is 444. The van der Waals surface area contributed by atoms with E-state index in [4.69, 9.17) is 23.4 Å². The second-order valence-corrected chi connectivity index (χ2v) is 6.69. The van der Waals surface area contributed by atoms with Crippen LogP contribution in [0.25, 0.3) is 0 Å². The summed E-state index contributed by atoms with van der Waals surface area (Å²) >= 11 is 10.4. The first kappa shape index (κ1) is 22.5. The van der Waals surface area contributed by atoms with Crippen molar-refractivity contribution in [2.24, 2.45) is 0 Å². The van der Waals surface area contributed by atoms with Gasteiger partial charge in [-0.1, -0.05) is 0 Å². The largest absolute Gasteiger partial charge is 0.471 e. The highest BCUT2D eigenvalue weighted by Gasteiger charge is 2.57. The smallest absolute Gasteiger partial charge is 0.463 e. The first-order chi connectivity index (χ1) is 10.4. The molecule has 1 unspecified atom stereocenters. The number of ether oxygens (including phenoxy) is 1. The van der Waals surface area contributed by atoms with Crippen LogP contribution in [0.15, 0.2) is 0 Å². The Morgan fingerprint density at radius 1 is 1.17 bits per heavy atom. The van der Waals surface area contributed by atoms with E-state index in [1.807, 2.05) is 0 Å². The van der Waals surface area contributed by atoms with Gasteiger partial charge in [0.25, 0.3) is 0 Å². The summed E-state index contributed by atoms with van der Waals surface area (Å²) in [5, 5.41) is 0. The van der Waals surface area contributed by atoms with Gasteiger partial charge in [0.1, 0.15) is 13.2 Å². The lowest BCUT2D eigenvalue weighted by molar-refractivity contribution is -0.201. The maximum Gasteiger partial charge on any atom is 0.471 e. The van der Waals surface area contributed by atoms with E-state index >= 15 is 0 Å². The number of halogens is 4. The number of esters is 1. The Morgan fingerprint density at radius 3 is 1.96 bits per heavy atom. The number of hydrogen-bond donors (Lipinski definition) is 0. The van der Waals surface area contributed by atoms with Gasteiger partial charge in [0.15, 0.2) is 11.8 Å². The highest BCUT2D eigenvalue weighted by atomic mass is 35.5. The molecular formula is C11H19ClF3N3O3PS+. The average molecular weight is 397 g/mol. The number of carbonyl (C=O) groups excluding carboxylic acids is 2. The lowest BCUT2D eigenvalue weighted by Crippen LogP contribution is -2.67. The fraction of sp³-hybridized carbons (Fsp3) is 0.818. The zero-order chi connectivity index (χ0) is 18.4. The number of rotatable bonds is 8. The summed E-state index contributed by atoms with van der Waals surface area (Å²) in [6, 6.07) is 0. The minimum Gasteiger partial charge on any atom is -0.463 e. The van der Waals surface area contributed by atoms with Crippen LogP contribution in [0, 0.1) is 0 Å². The zero-order valence-electron chi connectivity index (χ0n) is 13.1. The Balaban J connectivity index is 5.86. The third-order valence-electron chi connectivity index (χ3n) is 2.88. The van der Waals surface area contributed by atoms with Crippen LogP contribution < -0.4 is 0 Å². The van der Waals surface area contributed by atoms with E-state index in [0.717, 1.165) is 0 Å². The molecule has 134 valence electrons. The summed E-state index contributed by atoms with van der Waals surface area (Å²) in [5.41, 5.74) is -1.60. The number of nitrogens with zero attached hydrogens (tertiary/aromatic N) is 3. The number of hydrogen-bond acceptors (Lipinski definition) is 6. The molecule has 23 heavy (non-hydrogen) atoms. The molecule has 0 radical (unpaired) electrons. The summed E-state index contributed by atoms with van der Waals surface area (Å²) in [6.07, 6.45) is -5.15. The first-order valence-corrected chi connectivity index (χ1v) is 8.96. The van der Waals surface area contributed by atoms with E-state index in [0.29, 0.717) is 4.90 Å². The molecule has 0 fully saturated rings. The standard InChI is InChI=1S/C11H18ClF3N3O3PS/c1-16(2)11(22-23,17(3)4)18(9(20)10(13,14)15)7-8(19)21-6-5-12/h5-7H2,1-4H3/p+1. The van der Waals surface area contributed by atoms with Crippen molar-refractivity contribution >= 4 is 42.6 Å². The van der Waals surface area contributed by atoms with E-state index in [1.54, 1.807) is 0 Å². The highest BCUT2D eigenvalue weighted by molar-refractivity contribution is 7.97. The lowest BCUT2D eigenvalue weighted by atomic mass is 10.4. The van der Waals surface area contributed by atoms with E-state index in [-0.39, 0.29) is 12.5 Å². The molecule has 0 aromatic carbocycles. The molecule has 0 saturated carbocycles. The summed E-state index contributed by atoms with van der Waals surface area (Å²) in [6.45, 7) is -1.06. The molecule has 1 atom stereocenters. The van der Waals surface area contributed by atoms with Crippen LogP contribution in [0.2, 0.25) is 0 Å². The summed E-state index contributed by atoms with van der Waals surface area (Å²) in [7, 11) is 5.33. The van der Waals surface area contributed by atoms with Crippen LogP contribution in [-0.4, -0.2) is 85.5 Å². The summed E-state index contributed by atoms with van der Waals surface area (Å²) < 4.78 is 43.6. The Labute approximate surface area is 144 Å². The van der Waals surface area contributed by atoms with Gasteiger partial charge >= 0.3 is 23.6 Å². The molecule has 12 heteroatoms. The molecular weight excluding hydrogens is 378 g/mol. The number of alkyl halides is 4. The minimum absolute atomic E-state index is 0.00571. The highest BCUT2D eigenvalue weighted by Crippen LogP contribution is 2.35. The molecule has 6 nitrogen and oxygen atoms in total. The number of amides is 1. The van der Waals surface area contributed by atoms with Gasteiger partial charge in [-0.15, -0.1) is 11.6 Å². The zero-order valence-corrected chi connectivity index (χ0v) is 15.7. The van der Waals surface area contributed by atoms with Crippen molar-refractivity contribution in [2.45, 2.75) is 11.7 Å². The lowest BCUT2D eigenvalue weighted by Gasteiger charge is -2.42. The average Bonchev–Trinajstić information content (AvgIpc) is 2.42. The van der Waals surface area contributed by atoms with Crippen LogP contribution in [0.1, 0.15) is 0 Å². The van der Waals surface area contributed by atoms with Crippen LogP contribution in [0.3, 0.4) is 0 Å². The van der Waals surface area contributed by atoms with Gasteiger partial charge in [0.05, 0.1) is 5.88 Å². The molecule has 0 aliphatic heterocycles. The minimum atomic E-state index is -5.15. The molecule has 0 aromatic rings. The van der Waals surface area contributed by atoms with Gasteiger partial charge in [0, 0.05) is 0 Å². The molecule has 0 saturated heterocycles. The van der Waals surface area contributed by atoms with E-state index in [9.17, 15) is 22.8 Å². The maximum atomic E-state index is 13.0. The molecule has 0 aromatic heterocycles. The fourth-order valence-electron chi connectivity index (χ4n) is 1.92. The second kappa shape index (κ2) is 9.08. The van der Waals surface area contributed by atoms with Crippen LogP contribution >= 0.6 is 19.0 Å². The van der Waals surface area contributed by atoms with Crippen molar-refractivity contribution in [3.05, 3.63) is 0 Å². The van der Waals surface area contributed by atoms with Crippen molar-refractivity contribution in [3.63, 3.8) is 0 Å². The maximum absolute atomic E-state index is 13.0. The molecule has 0 rings (SSSR count). The third kappa shape index (κ3) is 5.49. The summed E-state index contributed by atoms with van der Waals surface area (Å²) in [5.74, 6) is -3.17. The summed E-state index contributed by atoms with van der Waals surface area (Å²) in [4.78, 5) is 26.7. The van der Waals surface area contributed by atoms with E-state index in [1.165, 1.54) is 38.0 Å². The van der Waals surface area contributed by atoms with Gasteiger partial charge in [-0.2, -0.15) is 13.2 Å². The third-order valence-corrected chi connectivity index (χ3v) is 5.29. The van der Waals surface area contributed by atoms with Crippen molar-refractivity contribution < 1.29 is 27.5 Å². The molecule has 0 N–H and O–H groups in total. The van der Waals surface area contributed by atoms with Gasteiger partial charge in [-0.3, -0.25) is 14.5 Å². The Morgan fingerprint density at radius 2 is 1.65 bits per heavy atom. The fourth-order valence-corrected chi connectivity index (χ4v) is 4.08. The van der Waals surface area contributed by atoms with Crippen molar-refractivity contribution in [1.82, 2.24) is 14.7 Å². The topological polar surface area (TPSA) is 53.1 Å². The Kier molecular flexibility index (Phi) is 8.86. The van der Waals surface area contributed by atoms with E-state index in [2.05, 4.69) is 4.74 Å². The second-order valence-electron chi connectivity index (χ2n) is 4.82. The van der Waals surface area contributed by atoms with Crippen molar-refractivity contribution in [2.75, 3.05) is 47.2 Å². The van der Waals surface area contributed by atoms with Gasteiger partial charge < -0.3 is 4.74 Å². The monoisotopic (exact) mass is 396 g/mol. The normalized spacial score (nSPS) is 12.8. The van der Waals surface area contributed by atoms with Gasteiger partial charge in [0.2, 0.25) is 7.36 Å². The predicted octanol–water partition coefficient (Wildman–Crippen LogP) is 1.03. The molecule has 0 heterocycles. The SMILES string of the molecule is CN(C)C([PH+]=S)(N(C)C)N(CC(=O)OCCCl)C(=O)C(F)(F)F. The number of carbonyl (C=O) groups is 2. The van der Waals surface area contributed by atoms with E-state index < -0.39 is 37.5 Å². The Hall–Kier alpha value is -0.540. The van der Waals surface area contributed by atoms with Gasteiger partial charge in [-0.05, 0) is 28.2 Å². The van der Waals surface area contributed by atoms with Crippen LogP contribution in [-0.2, 0) is 26.1 Å². The molecule has 1 amide bonds. The van der Waals surface area contributed by atoms with Crippen LogP contribution in [0.5, 0.6) is 0 Å². The molecule has 0 aliphatic rings.